The Morgan fingerprint density at radius 1 is 1.09 bits per heavy atom. The third-order valence-corrected chi connectivity index (χ3v) is 5.64. The number of nitro groups is 1. The van der Waals surface area contributed by atoms with Crippen LogP contribution in [-0.2, 0) is 4.79 Å². The van der Waals surface area contributed by atoms with Crippen molar-refractivity contribution in [3.05, 3.63) is 94.3 Å². The molecule has 0 saturated carbocycles. The predicted molar refractivity (Wildman–Crippen MR) is 124 cm³/mol. The van der Waals surface area contributed by atoms with E-state index < -0.39 is 10.8 Å². The van der Waals surface area contributed by atoms with Crippen molar-refractivity contribution in [2.45, 2.75) is 12.1 Å². The van der Waals surface area contributed by atoms with Crippen LogP contribution in [0, 0.1) is 22.9 Å². The van der Waals surface area contributed by atoms with E-state index in [2.05, 4.69) is 15.5 Å². The number of aromatic nitrogens is 3. The zero-order valence-corrected chi connectivity index (χ0v) is 18.3. The Bertz CT molecular complexity index is 1310. The fourth-order valence-corrected chi connectivity index (χ4v) is 3.93. The van der Waals surface area contributed by atoms with Gasteiger partial charge < -0.3 is 5.32 Å². The number of carbonyl (C=O) groups is 1. The van der Waals surface area contributed by atoms with Crippen LogP contribution in [0.1, 0.15) is 5.56 Å². The van der Waals surface area contributed by atoms with Crippen LogP contribution in [0.4, 0.5) is 15.8 Å². The summed E-state index contributed by atoms with van der Waals surface area (Å²) in [6.45, 7) is 1.74. The average Bonchev–Trinajstić information content (AvgIpc) is 3.24. The smallest absolute Gasteiger partial charge is 0.293 e. The molecule has 0 bridgehead atoms. The Kier molecular flexibility index (Phi) is 6.45. The highest BCUT2D eigenvalue weighted by Gasteiger charge is 2.19. The van der Waals surface area contributed by atoms with E-state index in [4.69, 9.17) is 0 Å². The monoisotopic (exact) mass is 463 g/mol. The van der Waals surface area contributed by atoms with E-state index >= 15 is 0 Å². The van der Waals surface area contributed by atoms with Gasteiger partial charge in [0.1, 0.15) is 11.5 Å². The van der Waals surface area contributed by atoms with Gasteiger partial charge in [-0.25, -0.2) is 4.39 Å². The van der Waals surface area contributed by atoms with E-state index in [-0.39, 0.29) is 22.9 Å². The SMILES string of the molecule is Cc1ccc(NC(=O)CSc2nnc(-c3ccccc3)n2-c2ccc(F)cc2)c([N+](=O)[O-])c1. The number of benzene rings is 3. The van der Waals surface area contributed by atoms with Crippen LogP contribution in [0.15, 0.2) is 78.0 Å². The van der Waals surface area contributed by atoms with Gasteiger partial charge >= 0.3 is 0 Å². The minimum Gasteiger partial charge on any atom is -0.320 e. The zero-order valence-electron chi connectivity index (χ0n) is 17.4. The summed E-state index contributed by atoms with van der Waals surface area (Å²) in [7, 11) is 0. The van der Waals surface area contributed by atoms with Crippen LogP contribution in [0.2, 0.25) is 0 Å². The van der Waals surface area contributed by atoms with Crippen LogP contribution < -0.4 is 5.32 Å². The molecule has 1 amide bonds. The summed E-state index contributed by atoms with van der Waals surface area (Å²) in [6, 6.07) is 19.8. The summed E-state index contributed by atoms with van der Waals surface area (Å²) in [6.07, 6.45) is 0. The Labute approximate surface area is 192 Å². The summed E-state index contributed by atoms with van der Waals surface area (Å²) in [4.78, 5) is 23.3. The predicted octanol–water partition coefficient (Wildman–Crippen LogP) is 5.02. The van der Waals surface area contributed by atoms with Crippen LogP contribution in [0.25, 0.3) is 17.1 Å². The number of nitrogens with zero attached hydrogens (tertiary/aromatic N) is 4. The summed E-state index contributed by atoms with van der Waals surface area (Å²) in [5.74, 6) is -0.318. The van der Waals surface area contributed by atoms with Gasteiger partial charge in [0.2, 0.25) is 5.91 Å². The number of hydrogen-bond acceptors (Lipinski definition) is 6. The van der Waals surface area contributed by atoms with Crippen LogP contribution >= 0.6 is 11.8 Å². The van der Waals surface area contributed by atoms with E-state index in [1.807, 2.05) is 30.3 Å². The number of thioether (sulfide) groups is 1. The molecule has 0 spiro atoms. The molecule has 166 valence electrons. The van der Waals surface area contributed by atoms with Crippen molar-refractivity contribution in [3.63, 3.8) is 0 Å². The molecule has 0 aliphatic heterocycles. The fourth-order valence-electron chi connectivity index (χ4n) is 3.18. The third kappa shape index (κ3) is 5.07. The molecule has 33 heavy (non-hydrogen) atoms. The lowest BCUT2D eigenvalue weighted by Gasteiger charge is -2.11. The number of rotatable bonds is 7. The van der Waals surface area contributed by atoms with E-state index in [1.54, 1.807) is 29.7 Å². The normalized spacial score (nSPS) is 10.7. The average molecular weight is 463 g/mol. The van der Waals surface area contributed by atoms with Gasteiger partial charge in [0, 0.05) is 17.3 Å². The molecular formula is C23H18FN5O3S. The number of carbonyl (C=O) groups excluding carboxylic acids is 1. The lowest BCUT2D eigenvalue weighted by molar-refractivity contribution is -0.384. The number of nitrogens with one attached hydrogen (secondary N) is 1. The minimum atomic E-state index is -0.535. The highest BCUT2D eigenvalue weighted by molar-refractivity contribution is 7.99. The standard InChI is InChI=1S/C23H18FN5O3S/c1-15-7-12-19(20(13-15)29(31)32)25-21(30)14-33-23-27-26-22(16-5-3-2-4-6-16)28(23)18-10-8-17(24)9-11-18/h2-13H,14H2,1H3,(H,25,30). The third-order valence-electron chi connectivity index (χ3n) is 4.71. The highest BCUT2D eigenvalue weighted by atomic mass is 32.2. The van der Waals surface area contributed by atoms with Crippen molar-refractivity contribution < 1.29 is 14.1 Å². The summed E-state index contributed by atoms with van der Waals surface area (Å²) in [5.41, 5.74) is 2.11. The van der Waals surface area contributed by atoms with Crippen molar-refractivity contribution in [2.75, 3.05) is 11.1 Å². The molecule has 10 heteroatoms. The summed E-state index contributed by atoms with van der Waals surface area (Å²) in [5, 5.41) is 22.8. The van der Waals surface area contributed by atoms with Crippen molar-refractivity contribution in [1.29, 1.82) is 0 Å². The van der Waals surface area contributed by atoms with Gasteiger partial charge in [0.15, 0.2) is 11.0 Å². The van der Waals surface area contributed by atoms with Gasteiger partial charge in [-0.3, -0.25) is 19.5 Å². The van der Waals surface area contributed by atoms with Crippen LogP contribution in [0.5, 0.6) is 0 Å². The Morgan fingerprint density at radius 2 is 1.82 bits per heavy atom. The first-order valence-electron chi connectivity index (χ1n) is 9.87. The van der Waals surface area contributed by atoms with E-state index in [0.29, 0.717) is 16.7 Å². The lowest BCUT2D eigenvalue weighted by atomic mass is 10.2. The quantitative estimate of drug-likeness (QED) is 0.234. The minimum absolute atomic E-state index is 0.0564. The van der Waals surface area contributed by atoms with E-state index in [1.165, 1.54) is 24.3 Å². The zero-order chi connectivity index (χ0) is 23.4. The van der Waals surface area contributed by atoms with Gasteiger partial charge in [-0.2, -0.15) is 0 Å². The summed E-state index contributed by atoms with van der Waals surface area (Å²) >= 11 is 1.12. The number of anilines is 1. The molecule has 4 aromatic rings. The molecule has 3 aromatic carbocycles. The second-order valence-electron chi connectivity index (χ2n) is 7.10. The largest absolute Gasteiger partial charge is 0.320 e. The highest BCUT2D eigenvalue weighted by Crippen LogP contribution is 2.29. The maximum Gasteiger partial charge on any atom is 0.293 e. The summed E-state index contributed by atoms with van der Waals surface area (Å²) < 4.78 is 15.2. The van der Waals surface area contributed by atoms with Gasteiger partial charge in [-0.05, 0) is 42.8 Å². The Balaban J connectivity index is 1.59. The maximum atomic E-state index is 13.5. The molecule has 4 rings (SSSR count). The van der Waals surface area contributed by atoms with E-state index in [0.717, 1.165) is 22.9 Å². The second kappa shape index (κ2) is 9.61. The number of hydrogen-bond donors (Lipinski definition) is 1. The molecule has 1 aromatic heterocycles. The molecule has 0 radical (unpaired) electrons. The Hall–Kier alpha value is -4.05. The van der Waals surface area contributed by atoms with Crippen molar-refractivity contribution >= 4 is 29.0 Å². The molecule has 0 aliphatic rings. The topological polar surface area (TPSA) is 103 Å². The van der Waals surface area contributed by atoms with Crippen molar-refractivity contribution in [1.82, 2.24) is 14.8 Å². The molecule has 0 unspecified atom stereocenters. The number of nitro benzene ring substituents is 1. The van der Waals surface area contributed by atoms with Crippen molar-refractivity contribution in [2.24, 2.45) is 0 Å². The Morgan fingerprint density at radius 3 is 2.52 bits per heavy atom. The first-order valence-corrected chi connectivity index (χ1v) is 10.9. The molecule has 0 saturated heterocycles. The number of amides is 1. The molecule has 1 heterocycles. The first kappa shape index (κ1) is 22.2. The molecule has 0 atom stereocenters. The molecule has 0 aliphatic carbocycles. The van der Waals surface area contributed by atoms with Crippen molar-refractivity contribution in [3.8, 4) is 17.1 Å². The first-order chi connectivity index (χ1) is 15.9. The van der Waals surface area contributed by atoms with Gasteiger partial charge in [0.25, 0.3) is 5.69 Å². The molecular weight excluding hydrogens is 445 g/mol. The number of aryl methyl sites for hydroxylation is 1. The maximum absolute atomic E-state index is 13.5. The molecule has 1 N–H and O–H groups in total. The second-order valence-corrected chi connectivity index (χ2v) is 8.04. The molecule has 0 fully saturated rings. The molecule has 8 nitrogen and oxygen atoms in total. The van der Waals surface area contributed by atoms with Gasteiger partial charge in [-0.1, -0.05) is 48.2 Å². The fraction of sp³-hybridized carbons (Fsp3) is 0.0870. The van der Waals surface area contributed by atoms with E-state index in [9.17, 15) is 19.3 Å². The van der Waals surface area contributed by atoms with Gasteiger partial charge in [0.05, 0.1) is 10.7 Å². The van der Waals surface area contributed by atoms with Crippen LogP contribution in [-0.4, -0.2) is 31.3 Å². The lowest BCUT2D eigenvalue weighted by Crippen LogP contribution is -2.15. The van der Waals surface area contributed by atoms with Crippen LogP contribution in [0.3, 0.4) is 0 Å². The number of halogens is 1. The van der Waals surface area contributed by atoms with Gasteiger partial charge in [-0.15, -0.1) is 10.2 Å².